The lowest BCUT2D eigenvalue weighted by molar-refractivity contribution is -0.0443. The summed E-state index contributed by atoms with van der Waals surface area (Å²) in [7, 11) is 0. The maximum atomic E-state index is 2.81. The lowest BCUT2D eigenvalue weighted by Crippen LogP contribution is -2.57. The molecule has 0 amide bonds. The Morgan fingerprint density at radius 1 is 0.483 bits per heavy atom. The van der Waals surface area contributed by atoms with Gasteiger partial charge in [0.15, 0.2) is 0 Å². The van der Waals surface area contributed by atoms with Crippen molar-refractivity contribution in [2.45, 2.75) is 150 Å². The van der Waals surface area contributed by atoms with Crippen LogP contribution in [0.15, 0.2) is 113 Å². The highest BCUT2D eigenvalue weighted by molar-refractivity contribution is 7.99. The molecule has 1 aliphatic heterocycles. The molecule has 0 aromatic heterocycles. The Kier molecular flexibility index (Phi) is 8.12. The predicted molar refractivity (Wildman–Crippen MR) is 246 cm³/mol. The average molecular weight is 782 g/mol. The summed E-state index contributed by atoms with van der Waals surface area (Å²) in [4.78, 5) is 5.81. The third-order valence-electron chi connectivity index (χ3n) is 17.0. The number of anilines is 3. The number of hydrogen-bond donors (Lipinski definition) is 0. The summed E-state index contributed by atoms with van der Waals surface area (Å²) in [5.74, 6) is 3.17. The lowest BCUT2D eigenvalue weighted by atomic mass is 9.42. The van der Waals surface area contributed by atoms with E-state index in [2.05, 4.69) is 175 Å². The van der Waals surface area contributed by atoms with Crippen LogP contribution in [0.1, 0.15) is 147 Å². The first kappa shape index (κ1) is 37.3. The number of nitrogens with zero attached hydrogens (tertiary/aromatic N) is 1. The first-order valence-corrected chi connectivity index (χ1v) is 23.6. The largest absolute Gasteiger partial charge is 0.310 e. The monoisotopic (exact) mass is 781 g/mol. The molecule has 0 atom stereocenters. The van der Waals surface area contributed by atoms with Gasteiger partial charge in [-0.05, 0) is 178 Å². The van der Waals surface area contributed by atoms with E-state index in [-0.39, 0.29) is 27.1 Å². The molecule has 58 heavy (non-hydrogen) atoms. The van der Waals surface area contributed by atoms with E-state index in [9.17, 15) is 0 Å². The Labute approximate surface area is 353 Å². The molecule has 1 spiro atoms. The van der Waals surface area contributed by atoms with E-state index in [4.69, 9.17) is 0 Å². The first-order valence-electron chi connectivity index (χ1n) is 22.8. The highest BCUT2D eigenvalue weighted by atomic mass is 32.2. The molecule has 7 aliphatic rings. The van der Waals surface area contributed by atoms with Crippen molar-refractivity contribution >= 4 is 28.8 Å². The Bertz CT molecular complexity index is 2350. The van der Waals surface area contributed by atoms with E-state index in [0.717, 1.165) is 11.8 Å². The fraction of sp³-hybridized carbons (Fsp3) is 0.464. The number of fused-ring (bicyclic) bond motifs is 4. The molecule has 298 valence electrons. The molecule has 0 N–H and O–H groups in total. The lowest BCUT2D eigenvalue weighted by Gasteiger charge is -2.63. The molecule has 1 nitrogen and oxygen atoms in total. The summed E-state index contributed by atoms with van der Waals surface area (Å²) in [6, 6.07) is 41.2. The summed E-state index contributed by atoms with van der Waals surface area (Å²) in [5.41, 5.74) is 16.6. The third-order valence-corrected chi connectivity index (χ3v) is 18.2. The second kappa shape index (κ2) is 12.6. The summed E-state index contributed by atoms with van der Waals surface area (Å²) >= 11 is 2.06. The van der Waals surface area contributed by atoms with E-state index >= 15 is 0 Å². The molecular weight excluding hydrogens is 719 g/mol. The van der Waals surface area contributed by atoms with Gasteiger partial charge in [0, 0.05) is 20.9 Å². The maximum absolute atomic E-state index is 2.81. The normalized spacial score (nSPS) is 28.6. The summed E-state index contributed by atoms with van der Waals surface area (Å²) < 4.78 is 0. The zero-order chi connectivity index (χ0) is 40.0. The van der Waals surface area contributed by atoms with Crippen LogP contribution in [0, 0.1) is 23.7 Å². The molecule has 0 unspecified atom stereocenters. The van der Waals surface area contributed by atoms with Crippen LogP contribution in [0.3, 0.4) is 0 Å². The van der Waals surface area contributed by atoms with Gasteiger partial charge in [0.2, 0.25) is 0 Å². The number of hydrogen-bond acceptors (Lipinski definition) is 2. The van der Waals surface area contributed by atoms with E-state index in [1.54, 1.807) is 22.3 Å². The van der Waals surface area contributed by atoms with Crippen LogP contribution in [-0.2, 0) is 27.1 Å². The van der Waals surface area contributed by atoms with E-state index in [0.29, 0.717) is 11.8 Å². The second-order valence-corrected chi connectivity index (χ2v) is 23.3. The molecule has 4 saturated carbocycles. The van der Waals surface area contributed by atoms with Crippen molar-refractivity contribution in [1.29, 1.82) is 0 Å². The fourth-order valence-corrected chi connectivity index (χ4v) is 15.5. The fourth-order valence-electron chi connectivity index (χ4n) is 14.1. The third kappa shape index (κ3) is 5.28. The highest BCUT2D eigenvalue weighted by Gasteiger charge is 2.61. The van der Waals surface area contributed by atoms with Crippen molar-refractivity contribution in [1.82, 2.24) is 0 Å². The second-order valence-electron chi connectivity index (χ2n) is 22.3. The van der Waals surface area contributed by atoms with E-state index in [1.165, 1.54) is 107 Å². The van der Waals surface area contributed by atoms with Crippen molar-refractivity contribution in [3.63, 3.8) is 0 Å². The minimum Gasteiger partial charge on any atom is -0.310 e. The Morgan fingerprint density at radius 2 is 0.983 bits per heavy atom. The highest BCUT2D eigenvalue weighted by Crippen LogP contribution is 2.70. The molecular formula is C56H63NS. The van der Waals surface area contributed by atoms with Gasteiger partial charge in [-0.3, -0.25) is 0 Å². The maximum Gasteiger partial charge on any atom is 0.0502 e. The van der Waals surface area contributed by atoms with Crippen LogP contribution in [0.5, 0.6) is 0 Å². The van der Waals surface area contributed by atoms with Gasteiger partial charge in [-0.1, -0.05) is 140 Å². The van der Waals surface area contributed by atoms with Gasteiger partial charge in [-0.15, -0.1) is 0 Å². The van der Waals surface area contributed by atoms with Gasteiger partial charge in [0.1, 0.15) is 0 Å². The zero-order valence-corrected chi connectivity index (χ0v) is 37.2. The van der Waals surface area contributed by atoms with Gasteiger partial charge in [0.05, 0.1) is 11.4 Å². The predicted octanol–water partition coefficient (Wildman–Crippen LogP) is 15.7. The summed E-state index contributed by atoms with van der Waals surface area (Å²) in [5, 5.41) is 0. The molecule has 4 fully saturated rings. The minimum atomic E-state index is 0.0323. The van der Waals surface area contributed by atoms with Gasteiger partial charge >= 0.3 is 0 Å². The van der Waals surface area contributed by atoms with Crippen LogP contribution in [0.25, 0.3) is 11.1 Å². The Hall–Kier alpha value is -3.75. The van der Waals surface area contributed by atoms with Crippen LogP contribution in [-0.4, -0.2) is 0 Å². The van der Waals surface area contributed by atoms with Gasteiger partial charge < -0.3 is 4.90 Å². The smallest absolute Gasteiger partial charge is 0.0502 e. The quantitative estimate of drug-likeness (QED) is 0.179. The van der Waals surface area contributed by atoms with Crippen LogP contribution in [0.2, 0.25) is 0 Å². The number of benzene rings is 5. The molecule has 0 saturated heterocycles. The topological polar surface area (TPSA) is 3.24 Å². The van der Waals surface area contributed by atoms with Crippen LogP contribution < -0.4 is 4.90 Å². The van der Waals surface area contributed by atoms with E-state index < -0.39 is 0 Å². The molecule has 2 heteroatoms. The van der Waals surface area contributed by atoms with Crippen molar-refractivity contribution < 1.29 is 0 Å². The SMILES string of the molecule is CC1(C)CCC(C)(C)c2c(N(c3cc(-c4ccccc4)c4c(c3)C3(c5ccccc5S4)C4CC5CC(C4)CC3C5)c3cccc4c3C(C)(C)CCC4(C)C)cccc21. The summed E-state index contributed by atoms with van der Waals surface area (Å²) in [6.45, 7) is 20.0. The molecule has 1 heterocycles. The molecule has 5 aromatic rings. The molecule has 0 radical (unpaired) electrons. The van der Waals surface area contributed by atoms with Gasteiger partial charge in [-0.25, -0.2) is 0 Å². The van der Waals surface area contributed by atoms with Gasteiger partial charge in [0.25, 0.3) is 0 Å². The zero-order valence-electron chi connectivity index (χ0n) is 36.3. The van der Waals surface area contributed by atoms with Crippen molar-refractivity contribution in [3.05, 3.63) is 137 Å². The standard InChI is InChI=1S/C56H63NS/c1-52(2)24-26-54(5,6)49-43(52)19-14-21-46(49)57(47-22-15-20-44-50(47)55(7,8)27-25-53(44,3)4)40-33-41(37-16-10-9-11-17-37)51-45(34-40)56(42-18-12-13-23-48(42)58-51)38-29-35-28-36(31-38)32-39(56)30-35/h9-23,33-36,38-39H,24-32H2,1-8H3. The summed E-state index contributed by atoms with van der Waals surface area (Å²) in [6.07, 6.45) is 11.8. The van der Waals surface area contributed by atoms with Crippen LogP contribution in [0.4, 0.5) is 17.1 Å². The van der Waals surface area contributed by atoms with Crippen molar-refractivity contribution in [3.8, 4) is 11.1 Å². The first-order chi connectivity index (χ1) is 27.7. The Morgan fingerprint density at radius 3 is 1.55 bits per heavy atom. The Balaban J connectivity index is 1.27. The molecule has 12 rings (SSSR count). The van der Waals surface area contributed by atoms with Gasteiger partial charge in [-0.2, -0.15) is 0 Å². The van der Waals surface area contributed by atoms with Crippen molar-refractivity contribution in [2.75, 3.05) is 4.90 Å². The van der Waals surface area contributed by atoms with Crippen LogP contribution >= 0.6 is 11.8 Å². The molecule has 4 bridgehead atoms. The van der Waals surface area contributed by atoms with E-state index in [1.807, 2.05) is 0 Å². The molecule has 5 aromatic carbocycles. The van der Waals surface area contributed by atoms with Crippen molar-refractivity contribution in [2.24, 2.45) is 23.7 Å². The minimum absolute atomic E-state index is 0.0323. The number of rotatable bonds is 4. The average Bonchev–Trinajstić information content (AvgIpc) is 3.20. The molecule has 6 aliphatic carbocycles.